The third-order valence-corrected chi connectivity index (χ3v) is 5.67. The lowest BCUT2D eigenvalue weighted by Gasteiger charge is -2.35. The summed E-state index contributed by atoms with van der Waals surface area (Å²) >= 11 is 0. The monoisotopic (exact) mass is 436 g/mol. The number of benzene rings is 1. The van der Waals surface area contributed by atoms with E-state index in [0.29, 0.717) is 18.7 Å². The quantitative estimate of drug-likeness (QED) is 0.656. The SMILES string of the molecule is C[C@@H]1CCCCN1C(=O)[C@@H]1CC(=O)N(Cc2cc(C(F)(F)F)cc(C(F)(F)F)c2)C1. The van der Waals surface area contributed by atoms with E-state index in [1.165, 1.54) is 0 Å². The summed E-state index contributed by atoms with van der Waals surface area (Å²) in [6.07, 6.45) is -7.25. The Bertz CT molecular complexity index is 788. The van der Waals surface area contributed by atoms with Gasteiger partial charge in [0.2, 0.25) is 11.8 Å². The smallest absolute Gasteiger partial charge is 0.340 e. The van der Waals surface area contributed by atoms with Crippen molar-refractivity contribution in [3.8, 4) is 0 Å². The van der Waals surface area contributed by atoms with Crippen molar-refractivity contribution in [2.24, 2.45) is 5.92 Å². The second-order valence-corrected chi connectivity index (χ2v) is 7.97. The van der Waals surface area contributed by atoms with Gasteiger partial charge >= 0.3 is 12.4 Å². The Labute approximate surface area is 169 Å². The van der Waals surface area contributed by atoms with Crippen molar-refractivity contribution in [3.63, 3.8) is 0 Å². The van der Waals surface area contributed by atoms with Gasteiger partial charge in [0, 0.05) is 32.1 Å². The van der Waals surface area contributed by atoms with Crippen LogP contribution >= 0.6 is 0 Å². The van der Waals surface area contributed by atoms with Crippen LogP contribution in [0.4, 0.5) is 26.3 Å². The second kappa shape index (κ2) is 8.11. The first-order valence-corrected chi connectivity index (χ1v) is 9.73. The fourth-order valence-corrected chi connectivity index (χ4v) is 4.08. The van der Waals surface area contributed by atoms with Crippen LogP contribution < -0.4 is 0 Å². The molecule has 2 aliphatic rings. The number of likely N-dealkylation sites (tertiary alicyclic amines) is 2. The molecule has 2 aliphatic heterocycles. The van der Waals surface area contributed by atoms with E-state index in [4.69, 9.17) is 0 Å². The van der Waals surface area contributed by atoms with E-state index < -0.39 is 41.8 Å². The Hall–Kier alpha value is -2.26. The lowest BCUT2D eigenvalue weighted by Crippen LogP contribution is -2.45. The summed E-state index contributed by atoms with van der Waals surface area (Å²) in [4.78, 5) is 28.0. The fraction of sp³-hybridized carbons (Fsp3) is 0.600. The zero-order valence-corrected chi connectivity index (χ0v) is 16.3. The van der Waals surface area contributed by atoms with E-state index in [-0.39, 0.29) is 36.5 Å². The van der Waals surface area contributed by atoms with Gasteiger partial charge < -0.3 is 9.80 Å². The minimum atomic E-state index is -4.95. The Morgan fingerprint density at radius 2 is 1.63 bits per heavy atom. The summed E-state index contributed by atoms with van der Waals surface area (Å²) < 4.78 is 78.2. The number of amides is 2. The predicted molar refractivity (Wildman–Crippen MR) is 95.0 cm³/mol. The van der Waals surface area contributed by atoms with Crippen molar-refractivity contribution in [2.45, 2.75) is 57.5 Å². The molecule has 10 heteroatoms. The number of carbonyl (C=O) groups excluding carboxylic acids is 2. The molecule has 0 unspecified atom stereocenters. The van der Waals surface area contributed by atoms with E-state index in [9.17, 15) is 35.9 Å². The summed E-state index contributed by atoms with van der Waals surface area (Å²) in [5.74, 6) is -1.27. The lowest BCUT2D eigenvalue weighted by molar-refractivity contribution is -0.143. The summed E-state index contributed by atoms with van der Waals surface area (Å²) in [6, 6.07) is 1.34. The lowest BCUT2D eigenvalue weighted by atomic mass is 9.99. The standard InChI is InChI=1S/C20H22F6N2O2/c1-12-4-2-3-5-28(12)18(30)14-8-17(29)27(11-14)10-13-6-15(19(21,22)23)9-16(7-13)20(24,25)26/h6-7,9,12,14H,2-5,8,10-11H2,1H3/t12-,14-/m1/s1. The summed E-state index contributed by atoms with van der Waals surface area (Å²) in [6.45, 7) is 2.09. The maximum absolute atomic E-state index is 13.0. The zero-order chi connectivity index (χ0) is 22.3. The molecule has 166 valence electrons. The van der Waals surface area contributed by atoms with E-state index in [2.05, 4.69) is 0 Å². The molecule has 2 heterocycles. The van der Waals surface area contributed by atoms with Gasteiger partial charge in [-0.3, -0.25) is 9.59 Å². The third kappa shape index (κ3) is 4.89. The highest BCUT2D eigenvalue weighted by atomic mass is 19.4. The first kappa shape index (κ1) is 22.4. The molecule has 0 saturated carbocycles. The normalized spacial score (nSPS) is 23.2. The van der Waals surface area contributed by atoms with Gasteiger partial charge in [0.05, 0.1) is 17.0 Å². The van der Waals surface area contributed by atoms with Crippen molar-refractivity contribution in [2.75, 3.05) is 13.1 Å². The van der Waals surface area contributed by atoms with Gasteiger partial charge in [-0.1, -0.05) is 0 Å². The molecule has 0 spiro atoms. The highest BCUT2D eigenvalue weighted by molar-refractivity contribution is 5.89. The van der Waals surface area contributed by atoms with Crippen molar-refractivity contribution in [3.05, 3.63) is 34.9 Å². The number of halogens is 6. The molecule has 0 aromatic heterocycles. The molecule has 2 atom stereocenters. The average molecular weight is 436 g/mol. The Balaban J connectivity index is 1.78. The molecular formula is C20H22F6N2O2. The number of hydrogen-bond acceptors (Lipinski definition) is 2. The van der Waals surface area contributed by atoms with Crippen LogP contribution in [0.25, 0.3) is 0 Å². The van der Waals surface area contributed by atoms with Gasteiger partial charge in [-0.25, -0.2) is 0 Å². The van der Waals surface area contributed by atoms with Crippen LogP contribution in [0.5, 0.6) is 0 Å². The Morgan fingerprint density at radius 1 is 1.03 bits per heavy atom. The highest BCUT2D eigenvalue weighted by Crippen LogP contribution is 2.37. The number of alkyl halides is 6. The van der Waals surface area contributed by atoms with Crippen molar-refractivity contribution < 1.29 is 35.9 Å². The van der Waals surface area contributed by atoms with Gasteiger partial charge in [0.25, 0.3) is 0 Å². The van der Waals surface area contributed by atoms with E-state index >= 15 is 0 Å². The topological polar surface area (TPSA) is 40.6 Å². The van der Waals surface area contributed by atoms with Gasteiger partial charge in [0.1, 0.15) is 0 Å². The van der Waals surface area contributed by atoms with Crippen LogP contribution in [0.1, 0.15) is 49.3 Å². The van der Waals surface area contributed by atoms with Gasteiger partial charge in [-0.2, -0.15) is 26.3 Å². The van der Waals surface area contributed by atoms with Gasteiger partial charge in [-0.05, 0) is 49.9 Å². The molecule has 3 rings (SSSR count). The molecule has 0 N–H and O–H groups in total. The van der Waals surface area contributed by atoms with Crippen LogP contribution in [0.3, 0.4) is 0 Å². The number of hydrogen-bond donors (Lipinski definition) is 0. The van der Waals surface area contributed by atoms with Crippen LogP contribution in [0, 0.1) is 5.92 Å². The molecule has 0 aliphatic carbocycles. The number of rotatable bonds is 3. The molecule has 30 heavy (non-hydrogen) atoms. The van der Waals surface area contributed by atoms with Gasteiger partial charge in [0.15, 0.2) is 0 Å². The molecule has 2 fully saturated rings. The third-order valence-electron chi connectivity index (χ3n) is 5.67. The molecule has 0 bridgehead atoms. The van der Waals surface area contributed by atoms with Crippen molar-refractivity contribution in [1.29, 1.82) is 0 Å². The minimum absolute atomic E-state index is 0.0154. The fourth-order valence-electron chi connectivity index (χ4n) is 4.08. The Morgan fingerprint density at radius 3 is 2.17 bits per heavy atom. The van der Waals surface area contributed by atoms with Crippen LogP contribution in [-0.2, 0) is 28.5 Å². The molecular weight excluding hydrogens is 414 g/mol. The molecule has 4 nitrogen and oxygen atoms in total. The van der Waals surface area contributed by atoms with E-state index in [0.717, 1.165) is 24.2 Å². The first-order chi connectivity index (χ1) is 13.9. The van der Waals surface area contributed by atoms with Crippen LogP contribution in [-0.4, -0.2) is 40.7 Å². The maximum Gasteiger partial charge on any atom is 0.416 e. The predicted octanol–water partition coefficient (Wildman–Crippen LogP) is 4.47. The summed E-state index contributed by atoms with van der Waals surface area (Å²) in [7, 11) is 0. The molecule has 2 amide bonds. The van der Waals surface area contributed by atoms with E-state index in [1.54, 1.807) is 4.90 Å². The summed E-state index contributed by atoms with van der Waals surface area (Å²) in [5.41, 5.74) is -3.12. The van der Waals surface area contributed by atoms with E-state index in [1.807, 2.05) is 6.92 Å². The average Bonchev–Trinajstić information content (AvgIpc) is 3.00. The molecule has 0 radical (unpaired) electrons. The minimum Gasteiger partial charge on any atom is -0.340 e. The number of piperidine rings is 1. The molecule has 1 aromatic rings. The van der Waals surface area contributed by atoms with Gasteiger partial charge in [-0.15, -0.1) is 0 Å². The Kier molecular flexibility index (Phi) is 6.06. The molecule has 2 saturated heterocycles. The largest absolute Gasteiger partial charge is 0.416 e. The van der Waals surface area contributed by atoms with Crippen molar-refractivity contribution >= 4 is 11.8 Å². The maximum atomic E-state index is 13.0. The number of carbonyl (C=O) groups is 2. The molecule has 1 aromatic carbocycles. The number of nitrogens with zero attached hydrogens (tertiary/aromatic N) is 2. The highest BCUT2D eigenvalue weighted by Gasteiger charge is 2.40. The zero-order valence-electron chi connectivity index (χ0n) is 16.3. The second-order valence-electron chi connectivity index (χ2n) is 7.97. The van der Waals surface area contributed by atoms with Crippen LogP contribution in [0.2, 0.25) is 0 Å². The first-order valence-electron chi connectivity index (χ1n) is 9.73. The van der Waals surface area contributed by atoms with Crippen LogP contribution in [0.15, 0.2) is 18.2 Å². The summed E-state index contributed by atoms with van der Waals surface area (Å²) in [5, 5.41) is 0. The van der Waals surface area contributed by atoms with Crippen molar-refractivity contribution in [1.82, 2.24) is 9.80 Å².